The molecule has 2 rings (SSSR count). The number of fused-ring (bicyclic) bond motifs is 1. The Balaban J connectivity index is 2.28. The van der Waals surface area contributed by atoms with E-state index in [4.69, 9.17) is 5.11 Å². The number of aliphatic hydroxyl groups excluding tert-OH is 1. The molecule has 0 saturated heterocycles. The molecule has 0 aliphatic heterocycles. The number of aliphatic hydroxyl groups is 1. The van der Waals surface area contributed by atoms with Crippen LogP contribution < -0.4 is 0 Å². The lowest BCUT2D eigenvalue weighted by Gasteiger charge is -1.92. The van der Waals surface area contributed by atoms with Gasteiger partial charge in [0.15, 0.2) is 0 Å². The van der Waals surface area contributed by atoms with Gasteiger partial charge in [0.1, 0.15) is 0 Å². The predicted molar refractivity (Wildman–Crippen MR) is 53.7 cm³/mol. The van der Waals surface area contributed by atoms with Crippen molar-refractivity contribution >= 4 is 10.9 Å². The van der Waals surface area contributed by atoms with Gasteiger partial charge in [0.25, 0.3) is 0 Å². The van der Waals surface area contributed by atoms with Gasteiger partial charge < -0.3 is 10.1 Å². The first-order chi connectivity index (χ1) is 6.40. The topological polar surface area (TPSA) is 36.0 Å². The standard InChI is InChI=1S/C11H13NO/c13-7-3-5-10-8-9-4-1-2-6-11(9)12-10/h1-2,4,6,8,12-13H,3,5,7H2. The van der Waals surface area contributed by atoms with Crippen LogP contribution in [-0.4, -0.2) is 16.7 Å². The Morgan fingerprint density at radius 1 is 1.23 bits per heavy atom. The van der Waals surface area contributed by atoms with E-state index in [0.717, 1.165) is 12.8 Å². The molecular weight excluding hydrogens is 162 g/mol. The van der Waals surface area contributed by atoms with Gasteiger partial charge in [-0.25, -0.2) is 0 Å². The van der Waals surface area contributed by atoms with E-state index in [9.17, 15) is 0 Å². The van der Waals surface area contributed by atoms with Crippen LogP contribution in [0, 0.1) is 0 Å². The zero-order valence-corrected chi connectivity index (χ0v) is 7.46. The highest BCUT2D eigenvalue weighted by Crippen LogP contribution is 2.15. The highest BCUT2D eigenvalue weighted by Gasteiger charge is 1.98. The normalized spacial score (nSPS) is 10.8. The summed E-state index contributed by atoms with van der Waals surface area (Å²) >= 11 is 0. The number of aromatic amines is 1. The summed E-state index contributed by atoms with van der Waals surface area (Å²) in [6, 6.07) is 10.4. The van der Waals surface area contributed by atoms with Crippen LogP contribution in [-0.2, 0) is 6.42 Å². The summed E-state index contributed by atoms with van der Waals surface area (Å²) in [5, 5.41) is 9.93. The minimum absolute atomic E-state index is 0.259. The Hall–Kier alpha value is -1.28. The van der Waals surface area contributed by atoms with Crippen molar-refractivity contribution in [2.75, 3.05) is 6.61 Å². The van der Waals surface area contributed by atoms with E-state index in [2.05, 4.69) is 23.2 Å². The van der Waals surface area contributed by atoms with Gasteiger partial charge in [0, 0.05) is 17.8 Å². The van der Waals surface area contributed by atoms with Crippen LogP contribution in [0.2, 0.25) is 0 Å². The Bertz CT molecular complexity index is 359. The average Bonchev–Trinajstić information content (AvgIpc) is 2.57. The van der Waals surface area contributed by atoms with Crippen LogP contribution in [0.4, 0.5) is 0 Å². The molecule has 0 amide bonds. The fraction of sp³-hybridized carbons (Fsp3) is 0.273. The van der Waals surface area contributed by atoms with Gasteiger partial charge in [-0.1, -0.05) is 18.2 Å². The number of benzene rings is 1. The van der Waals surface area contributed by atoms with Crippen molar-refractivity contribution in [1.82, 2.24) is 4.98 Å². The van der Waals surface area contributed by atoms with Crippen molar-refractivity contribution in [3.8, 4) is 0 Å². The number of H-pyrrole nitrogens is 1. The molecule has 0 aliphatic rings. The number of rotatable bonds is 3. The summed E-state index contributed by atoms with van der Waals surface area (Å²) in [6.45, 7) is 0.259. The summed E-state index contributed by atoms with van der Waals surface area (Å²) in [5.41, 5.74) is 2.38. The second-order valence-electron chi connectivity index (χ2n) is 3.21. The number of nitrogens with one attached hydrogen (secondary N) is 1. The van der Waals surface area contributed by atoms with E-state index in [-0.39, 0.29) is 6.61 Å². The first-order valence-corrected chi connectivity index (χ1v) is 4.57. The molecule has 0 aliphatic carbocycles. The highest BCUT2D eigenvalue weighted by molar-refractivity contribution is 5.80. The van der Waals surface area contributed by atoms with Crippen LogP contribution in [0.15, 0.2) is 30.3 Å². The second-order valence-corrected chi connectivity index (χ2v) is 3.21. The Morgan fingerprint density at radius 3 is 2.85 bits per heavy atom. The molecule has 1 aromatic heterocycles. The van der Waals surface area contributed by atoms with Crippen LogP contribution in [0.3, 0.4) is 0 Å². The van der Waals surface area contributed by atoms with Crippen molar-refractivity contribution in [1.29, 1.82) is 0 Å². The molecule has 2 N–H and O–H groups in total. The Morgan fingerprint density at radius 2 is 2.08 bits per heavy atom. The van der Waals surface area contributed by atoms with Gasteiger partial charge in [0.05, 0.1) is 0 Å². The summed E-state index contributed by atoms with van der Waals surface area (Å²) in [5.74, 6) is 0. The van der Waals surface area contributed by atoms with Crippen molar-refractivity contribution in [3.63, 3.8) is 0 Å². The molecule has 2 aromatic rings. The molecule has 0 unspecified atom stereocenters. The summed E-state index contributed by atoms with van der Waals surface area (Å²) in [7, 11) is 0. The molecule has 0 radical (unpaired) electrons. The zero-order valence-electron chi connectivity index (χ0n) is 7.46. The molecule has 1 heterocycles. The zero-order chi connectivity index (χ0) is 9.10. The van der Waals surface area contributed by atoms with E-state index < -0.39 is 0 Å². The van der Waals surface area contributed by atoms with Crippen molar-refractivity contribution < 1.29 is 5.11 Å². The molecule has 0 fully saturated rings. The van der Waals surface area contributed by atoms with E-state index in [0.29, 0.717) is 0 Å². The average molecular weight is 175 g/mol. The third kappa shape index (κ3) is 1.73. The molecule has 0 saturated carbocycles. The number of hydrogen-bond acceptors (Lipinski definition) is 1. The number of aromatic nitrogens is 1. The van der Waals surface area contributed by atoms with Gasteiger partial charge in [-0.3, -0.25) is 0 Å². The molecule has 68 valence electrons. The van der Waals surface area contributed by atoms with Gasteiger partial charge in [-0.15, -0.1) is 0 Å². The van der Waals surface area contributed by atoms with Crippen LogP contribution >= 0.6 is 0 Å². The molecule has 0 atom stereocenters. The van der Waals surface area contributed by atoms with E-state index in [1.54, 1.807) is 0 Å². The monoisotopic (exact) mass is 175 g/mol. The van der Waals surface area contributed by atoms with Crippen molar-refractivity contribution in [3.05, 3.63) is 36.0 Å². The SMILES string of the molecule is OCCCc1cc2ccccc2[nH]1. The van der Waals surface area contributed by atoms with Crippen LogP contribution in [0.25, 0.3) is 10.9 Å². The van der Waals surface area contributed by atoms with E-state index in [1.807, 2.05) is 12.1 Å². The first kappa shape index (κ1) is 8.32. The van der Waals surface area contributed by atoms with Gasteiger partial charge in [-0.05, 0) is 30.4 Å². The fourth-order valence-electron chi connectivity index (χ4n) is 1.54. The lowest BCUT2D eigenvalue weighted by atomic mass is 10.2. The molecule has 0 bridgehead atoms. The molecule has 13 heavy (non-hydrogen) atoms. The predicted octanol–water partition coefficient (Wildman–Crippen LogP) is 2.09. The fourth-order valence-corrected chi connectivity index (χ4v) is 1.54. The summed E-state index contributed by atoms with van der Waals surface area (Å²) in [6.07, 6.45) is 1.75. The Kier molecular flexibility index (Phi) is 2.32. The number of aryl methyl sites for hydroxylation is 1. The second kappa shape index (κ2) is 3.62. The lowest BCUT2D eigenvalue weighted by molar-refractivity contribution is 0.288. The minimum Gasteiger partial charge on any atom is -0.396 e. The summed E-state index contributed by atoms with van der Waals surface area (Å²) in [4.78, 5) is 3.32. The van der Waals surface area contributed by atoms with Gasteiger partial charge in [-0.2, -0.15) is 0 Å². The lowest BCUT2D eigenvalue weighted by Crippen LogP contribution is -1.88. The molecule has 1 aromatic carbocycles. The highest BCUT2D eigenvalue weighted by atomic mass is 16.2. The first-order valence-electron chi connectivity index (χ1n) is 4.57. The van der Waals surface area contributed by atoms with E-state index >= 15 is 0 Å². The quantitative estimate of drug-likeness (QED) is 0.736. The maximum atomic E-state index is 8.69. The van der Waals surface area contributed by atoms with Gasteiger partial charge in [0.2, 0.25) is 0 Å². The van der Waals surface area contributed by atoms with Crippen molar-refractivity contribution in [2.24, 2.45) is 0 Å². The maximum Gasteiger partial charge on any atom is 0.0456 e. The smallest absolute Gasteiger partial charge is 0.0456 e. The molecule has 2 heteroatoms. The van der Waals surface area contributed by atoms with Crippen LogP contribution in [0.5, 0.6) is 0 Å². The molecule has 2 nitrogen and oxygen atoms in total. The van der Waals surface area contributed by atoms with E-state index in [1.165, 1.54) is 16.6 Å². The van der Waals surface area contributed by atoms with Crippen LogP contribution in [0.1, 0.15) is 12.1 Å². The molecule has 0 spiro atoms. The minimum atomic E-state index is 0.259. The third-order valence-corrected chi connectivity index (χ3v) is 2.19. The largest absolute Gasteiger partial charge is 0.396 e. The third-order valence-electron chi connectivity index (χ3n) is 2.19. The number of para-hydroxylation sites is 1. The van der Waals surface area contributed by atoms with Crippen molar-refractivity contribution in [2.45, 2.75) is 12.8 Å². The number of hydrogen-bond donors (Lipinski definition) is 2. The Labute approximate surface area is 77.2 Å². The summed E-state index contributed by atoms with van der Waals surface area (Å²) < 4.78 is 0. The van der Waals surface area contributed by atoms with Gasteiger partial charge >= 0.3 is 0 Å². The maximum absolute atomic E-state index is 8.69. The molecular formula is C11H13NO.